The fourth-order valence-corrected chi connectivity index (χ4v) is 5.69. The summed E-state index contributed by atoms with van der Waals surface area (Å²) < 4.78 is 49.2. The topological polar surface area (TPSA) is 124 Å². The van der Waals surface area contributed by atoms with Gasteiger partial charge in [-0.25, -0.2) is 30.9 Å². The highest BCUT2D eigenvalue weighted by atomic mass is 32.2. The highest BCUT2D eigenvalue weighted by Crippen LogP contribution is 2.34. The number of carbonyl (C=O) groups excluding carboxylic acids is 1. The summed E-state index contributed by atoms with van der Waals surface area (Å²) in [4.78, 5) is 12.1. The molecule has 11 heteroatoms. The van der Waals surface area contributed by atoms with Crippen molar-refractivity contribution >= 4 is 26.0 Å². The molecule has 0 atom stereocenters. The van der Waals surface area contributed by atoms with Gasteiger partial charge in [-0.2, -0.15) is 0 Å². The molecule has 0 aromatic carbocycles. The standard InChI is InChI=1S/C11H23N3O6S2/c1-4-13(5-2)22(19,20)11(10(15)12-16)6-8-14(9-7-11)21(3,17)18/h16H,4-9H2,1-3H3,(H,12,15). The van der Waals surface area contributed by atoms with Gasteiger partial charge in [-0.3, -0.25) is 10.0 Å². The Bertz CT molecular complexity index is 604. The van der Waals surface area contributed by atoms with Crippen molar-refractivity contribution in [1.29, 1.82) is 0 Å². The van der Waals surface area contributed by atoms with Crippen molar-refractivity contribution in [2.24, 2.45) is 0 Å². The lowest BCUT2D eigenvalue weighted by molar-refractivity contribution is -0.133. The fraction of sp³-hybridized carbons (Fsp3) is 0.909. The van der Waals surface area contributed by atoms with E-state index in [1.165, 1.54) is 5.48 Å². The summed E-state index contributed by atoms with van der Waals surface area (Å²) in [6, 6.07) is 0. The van der Waals surface area contributed by atoms with E-state index >= 15 is 0 Å². The molecule has 0 saturated carbocycles. The van der Waals surface area contributed by atoms with Gasteiger partial charge in [-0.1, -0.05) is 13.8 Å². The number of nitrogens with one attached hydrogen (secondary N) is 1. The van der Waals surface area contributed by atoms with Crippen LogP contribution < -0.4 is 5.48 Å². The van der Waals surface area contributed by atoms with Crippen LogP contribution in [0.5, 0.6) is 0 Å². The van der Waals surface area contributed by atoms with Crippen LogP contribution in [0.3, 0.4) is 0 Å². The first-order valence-electron chi connectivity index (χ1n) is 6.96. The number of carbonyl (C=O) groups is 1. The Morgan fingerprint density at radius 1 is 1.18 bits per heavy atom. The minimum absolute atomic E-state index is 0.0905. The molecule has 1 saturated heterocycles. The van der Waals surface area contributed by atoms with E-state index in [4.69, 9.17) is 5.21 Å². The second kappa shape index (κ2) is 6.79. The van der Waals surface area contributed by atoms with E-state index in [0.717, 1.165) is 14.9 Å². The smallest absolute Gasteiger partial charge is 0.266 e. The molecule has 0 aromatic rings. The predicted molar refractivity (Wildman–Crippen MR) is 80.2 cm³/mol. The van der Waals surface area contributed by atoms with E-state index in [2.05, 4.69) is 0 Å². The summed E-state index contributed by atoms with van der Waals surface area (Å²) in [6.45, 7) is 3.50. The van der Waals surface area contributed by atoms with Gasteiger partial charge in [0.25, 0.3) is 5.91 Å². The van der Waals surface area contributed by atoms with Crippen LogP contribution in [-0.2, 0) is 24.8 Å². The third-order valence-corrected chi connectivity index (χ3v) is 8.13. The molecule has 9 nitrogen and oxygen atoms in total. The Hall–Kier alpha value is -0.750. The van der Waals surface area contributed by atoms with Crippen LogP contribution in [0.4, 0.5) is 0 Å². The molecule has 0 aromatic heterocycles. The van der Waals surface area contributed by atoms with Crippen molar-refractivity contribution in [3.63, 3.8) is 0 Å². The van der Waals surface area contributed by atoms with Crippen molar-refractivity contribution in [1.82, 2.24) is 14.1 Å². The largest absolute Gasteiger partial charge is 0.289 e. The first-order chi connectivity index (χ1) is 10.1. The van der Waals surface area contributed by atoms with Crippen LogP contribution in [0, 0.1) is 0 Å². The Kier molecular flexibility index (Phi) is 5.95. The third-order valence-electron chi connectivity index (χ3n) is 4.05. The van der Waals surface area contributed by atoms with Gasteiger partial charge < -0.3 is 0 Å². The second-order valence-corrected chi connectivity index (χ2v) is 9.42. The Balaban J connectivity index is 3.24. The summed E-state index contributed by atoms with van der Waals surface area (Å²) in [5, 5.41) is 8.95. The molecular formula is C11H23N3O6S2. The lowest BCUT2D eigenvalue weighted by Crippen LogP contribution is -2.61. The maximum atomic E-state index is 12.8. The molecule has 1 aliphatic heterocycles. The van der Waals surface area contributed by atoms with Crippen molar-refractivity contribution in [2.45, 2.75) is 31.4 Å². The van der Waals surface area contributed by atoms with Crippen molar-refractivity contribution in [3.8, 4) is 0 Å². The van der Waals surface area contributed by atoms with E-state index in [1.807, 2.05) is 0 Å². The molecule has 1 heterocycles. The summed E-state index contributed by atoms with van der Waals surface area (Å²) >= 11 is 0. The number of sulfonamides is 2. The summed E-state index contributed by atoms with van der Waals surface area (Å²) in [5.74, 6) is -1.02. The first kappa shape index (κ1) is 19.3. The number of piperidine rings is 1. The summed E-state index contributed by atoms with van der Waals surface area (Å²) in [5.41, 5.74) is 1.43. The minimum atomic E-state index is -4.03. The molecule has 0 unspecified atom stereocenters. The van der Waals surface area contributed by atoms with Crippen LogP contribution in [0.2, 0.25) is 0 Å². The quantitative estimate of drug-likeness (QED) is 0.462. The third kappa shape index (κ3) is 3.27. The highest BCUT2D eigenvalue weighted by molar-refractivity contribution is 7.91. The van der Waals surface area contributed by atoms with Gasteiger partial charge in [0.1, 0.15) is 0 Å². The molecule has 0 spiro atoms. The number of hydrogen-bond acceptors (Lipinski definition) is 6. The maximum Gasteiger partial charge on any atom is 0.266 e. The van der Waals surface area contributed by atoms with Crippen molar-refractivity contribution < 1.29 is 26.8 Å². The lowest BCUT2D eigenvalue weighted by Gasteiger charge is -2.40. The monoisotopic (exact) mass is 357 g/mol. The highest BCUT2D eigenvalue weighted by Gasteiger charge is 2.55. The summed E-state index contributed by atoms with van der Waals surface area (Å²) in [7, 11) is -7.48. The SMILES string of the molecule is CCN(CC)S(=O)(=O)C1(C(=O)NO)CCN(S(C)(=O)=O)CC1. The van der Waals surface area contributed by atoms with Crippen molar-refractivity contribution in [3.05, 3.63) is 0 Å². The molecule has 1 amide bonds. The van der Waals surface area contributed by atoms with Crippen LogP contribution >= 0.6 is 0 Å². The molecule has 1 rings (SSSR count). The van der Waals surface area contributed by atoms with Gasteiger partial charge in [0, 0.05) is 26.2 Å². The van der Waals surface area contributed by atoms with Gasteiger partial charge in [-0.15, -0.1) is 0 Å². The van der Waals surface area contributed by atoms with Crippen molar-refractivity contribution in [2.75, 3.05) is 32.4 Å². The van der Waals surface area contributed by atoms with E-state index in [0.29, 0.717) is 0 Å². The Morgan fingerprint density at radius 3 is 1.95 bits per heavy atom. The average molecular weight is 357 g/mol. The van der Waals surface area contributed by atoms with E-state index < -0.39 is 30.7 Å². The number of nitrogens with zero attached hydrogens (tertiary/aromatic N) is 2. The zero-order chi connectivity index (χ0) is 17.2. The molecule has 130 valence electrons. The number of amides is 1. The van der Waals surface area contributed by atoms with Crippen LogP contribution in [-0.4, -0.2) is 73.7 Å². The van der Waals surface area contributed by atoms with Gasteiger partial charge in [0.2, 0.25) is 20.0 Å². The predicted octanol–water partition coefficient (Wildman–Crippen LogP) is -1.04. The Morgan fingerprint density at radius 2 is 1.64 bits per heavy atom. The van der Waals surface area contributed by atoms with Gasteiger partial charge in [0.05, 0.1) is 6.26 Å². The van der Waals surface area contributed by atoms with Gasteiger partial charge >= 0.3 is 0 Å². The Labute approximate surface area is 131 Å². The van der Waals surface area contributed by atoms with Crippen LogP contribution in [0.15, 0.2) is 0 Å². The number of rotatable bonds is 6. The second-order valence-electron chi connectivity index (χ2n) is 5.19. The minimum Gasteiger partial charge on any atom is -0.289 e. The number of hydrogen-bond donors (Lipinski definition) is 2. The van der Waals surface area contributed by atoms with E-state index in [1.54, 1.807) is 13.8 Å². The van der Waals surface area contributed by atoms with E-state index in [9.17, 15) is 21.6 Å². The average Bonchev–Trinajstić information content (AvgIpc) is 2.46. The molecule has 0 radical (unpaired) electrons. The summed E-state index contributed by atoms with van der Waals surface area (Å²) in [6.07, 6.45) is 0.627. The first-order valence-corrected chi connectivity index (χ1v) is 10.2. The zero-order valence-corrected chi connectivity index (χ0v) is 14.6. The van der Waals surface area contributed by atoms with Gasteiger partial charge in [0.15, 0.2) is 4.75 Å². The molecule has 0 bridgehead atoms. The van der Waals surface area contributed by atoms with Crippen LogP contribution in [0.1, 0.15) is 26.7 Å². The molecule has 1 aliphatic rings. The van der Waals surface area contributed by atoms with Gasteiger partial charge in [-0.05, 0) is 12.8 Å². The fourth-order valence-electron chi connectivity index (χ4n) is 2.69. The molecule has 22 heavy (non-hydrogen) atoms. The zero-order valence-electron chi connectivity index (χ0n) is 12.9. The molecule has 1 fully saturated rings. The lowest BCUT2D eigenvalue weighted by atomic mass is 9.96. The molecule has 0 aliphatic carbocycles. The molecule has 2 N–H and O–H groups in total. The molecular weight excluding hydrogens is 334 g/mol. The normalized spacial score (nSPS) is 20.0. The van der Waals surface area contributed by atoms with Crippen LogP contribution in [0.25, 0.3) is 0 Å². The van der Waals surface area contributed by atoms with E-state index in [-0.39, 0.29) is 39.0 Å². The maximum absolute atomic E-state index is 12.8. The number of hydroxylamine groups is 1.